The van der Waals surface area contributed by atoms with Gasteiger partial charge in [0.25, 0.3) is 0 Å². The Morgan fingerprint density at radius 1 is 1.57 bits per heavy atom. The fourth-order valence-corrected chi connectivity index (χ4v) is 2.95. The summed E-state index contributed by atoms with van der Waals surface area (Å²) >= 11 is 1.42. The van der Waals surface area contributed by atoms with Crippen LogP contribution in [0.3, 0.4) is 0 Å². The minimum absolute atomic E-state index is 0.00304. The molecule has 21 heavy (non-hydrogen) atoms. The third-order valence-corrected chi connectivity index (χ3v) is 4.28. The molecule has 1 aromatic rings. The number of carbonyl (C=O) groups excluding carboxylic acids is 1. The lowest BCUT2D eigenvalue weighted by atomic mass is 10.2. The van der Waals surface area contributed by atoms with E-state index in [1.165, 1.54) is 11.8 Å². The van der Waals surface area contributed by atoms with Crippen LogP contribution in [0.1, 0.15) is 19.8 Å². The van der Waals surface area contributed by atoms with Gasteiger partial charge in [-0.15, -0.1) is 11.8 Å². The summed E-state index contributed by atoms with van der Waals surface area (Å²) in [6, 6.07) is 5.51. The molecule has 1 aliphatic rings. The molecule has 116 valence electrons. The Morgan fingerprint density at radius 3 is 3.14 bits per heavy atom. The summed E-state index contributed by atoms with van der Waals surface area (Å²) in [6.07, 6.45) is 2.28. The largest absolute Gasteiger partial charge is 0.494 e. The van der Waals surface area contributed by atoms with E-state index in [1.807, 2.05) is 19.1 Å². The minimum atomic E-state index is -0.00304. The van der Waals surface area contributed by atoms with E-state index < -0.39 is 0 Å². The lowest BCUT2D eigenvalue weighted by Gasteiger charge is -2.11. The standard InChI is InChI=1S/C15H22N2O3S/c1-2-19-11-5-6-13(16)14(8-11)21-10-15(18)17-9-12-4-3-7-20-12/h5-6,8,12H,2-4,7,9-10,16H2,1H3,(H,17,18). The van der Waals surface area contributed by atoms with E-state index >= 15 is 0 Å². The Kier molecular flexibility index (Phi) is 6.20. The van der Waals surface area contributed by atoms with Crippen LogP contribution in [0.25, 0.3) is 0 Å². The van der Waals surface area contributed by atoms with E-state index in [-0.39, 0.29) is 12.0 Å². The van der Waals surface area contributed by atoms with E-state index in [9.17, 15) is 4.79 Å². The summed E-state index contributed by atoms with van der Waals surface area (Å²) in [7, 11) is 0. The molecule has 1 saturated heterocycles. The van der Waals surface area contributed by atoms with Crippen molar-refractivity contribution in [1.82, 2.24) is 5.32 Å². The second kappa shape index (κ2) is 8.14. The fraction of sp³-hybridized carbons (Fsp3) is 0.533. The maximum atomic E-state index is 11.8. The number of rotatable bonds is 7. The van der Waals surface area contributed by atoms with Crippen molar-refractivity contribution in [2.75, 3.05) is 31.2 Å². The Hall–Kier alpha value is -1.40. The number of thioether (sulfide) groups is 1. The zero-order valence-corrected chi connectivity index (χ0v) is 13.1. The SMILES string of the molecule is CCOc1ccc(N)c(SCC(=O)NCC2CCCO2)c1. The number of nitrogens with one attached hydrogen (secondary N) is 1. The van der Waals surface area contributed by atoms with Crippen LogP contribution in [0.5, 0.6) is 5.75 Å². The topological polar surface area (TPSA) is 73.6 Å². The maximum Gasteiger partial charge on any atom is 0.230 e. The summed E-state index contributed by atoms with van der Waals surface area (Å²) < 4.78 is 10.9. The van der Waals surface area contributed by atoms with Crippen LogP contribution in [0.2, 0.25) is 0 Å². The van der Waals surface area contributed by atoms with Crippen LogP contribution < -0.4 is 15.8 Å². The van der Waals surface area contributed by atoms with Crippen molar-refractivity contribution in [2.45, 2.75) is 30.8 Å². The second-order valence-electron chi connectivity index (χ2n) is 4.86. The summed E-state index contributed by atoms with van der Waals surface area (Å²) in [6.45, 7) is 3.93. The van der Waals surface area contributed by atoms with Gasteiger partial charge >= 0.3 is 0 Å². The van der Waals surface area contributed by atoms with Gasteiger partial charge in [0, 0.05) is 23.7 Å². The molecule has 0 bridgehead atoms. The van der Waals surface area contributed by atoms with Crippen molar-refractivity contribution in [2.24, 2.45) is 0 Å². The van der Waals surface area contributed by atoms with Crippen molar-refractivity contribution >= 4 is 23.4 Å². The quantitative estimate of drug-likeness (QED) is 0.595. The monoisotopic (exact) mass is 310 g/mol. The van der Waals surface area contributed by atoms with Gasteiger partial charge in [-0.05, 0) is 38.0 Å². The lowest BCUT2D eigenvalue weighted by molar-refractivity contribution is -0.119. The molecule has 3 N–H and O–H groups in total. The molecule has 1 unspecified atom stereocenters. The molecule has 1 atom stereocenters. The molecule has 0 spiro atoms. The van der Waals surface area contributed by atoms with E-state index in [2.05, 4.69) is 5.32 Å². The first-order valence-electron chi connectivity index (χ1n) is 7.22. The molecule has 1 heterocycles. The van der Waals surface area contributed by atoms with Gasteiger partial charge in [0.15, 0.2) is 0 Å². The Bertz CT molecular complexity index is 476. The van der Waals surface area contributed by atoms with Gasteiger partial charge in [-0.2, -0.15) is 0 Å². The van der Waals surface area contributed by atoms with Crippen molar-refractivity contribution in [1.29, 1.82) is 0 Å². The average molecular weight is 310 g/mol. The fourth-order valence-electron chi connectivity index (χ4n) is 2.12. The molecule has 0 aromatic heterocycles. The van der Waals surface area contributed by atoms with Crippen molar-refractivity contribution < 1.29 is 14.3 Å². The number of hydrogen-bond acceptors (Lipinski definition) is 5. The Morgan fingerprint density at radius 2 is 2.43 bits per heavy atom. The zero-order chi connectivity index (χ0) is 15.1. The number of benzene rings is 1. The van der Waals surface area contributed by atoms with Crippen molar-refractivity contribution in [3.8, 4) is 5.75 Å². The molecule has 0 radical (unpaired) electrons. The van der Waals surface area contributed by atoms with E-state index in [0.717, 1.165) is 30.1 Å². The molecule has 1 fully saturated rings. The average Bonchev–Trinajstić information content (AvgIpc) is 2.99. The van der Waals surface area contributed by atoms with Crippen molar-refractivity contribution in [3.05, 3.63) is 18.2 Å². The van der Waals surface area contributed by atoms with Gasteiger partial charge in [0.1, 0.15) is 5.75 Å². The number of anilines is 1. The summed E-state index contributed by atoms with van der Waals surface area (Å²) in [5, 5.41) is 2.90. The lowest BCUT2D eigenvalue weighted by Crippen LogP contribution is -2.32. The predicted molar refractivity (Wildman–Crippen MR) is 84.7 cm³/mol. The van der Waals surface area contributed by atoms with E-state index in [1.54, 1.807) is 6.07 Å². The maximum absolute atomic E-state index is 11.8. The van der Waals surface area contributed by atoms with E-state index in [4.69, 9.17) is 15.2 Å². The number of amides is 1. The highest BCUT2D eigenvalue weighted by Gasteiger charge is 2.16. The number of nitrogens with two attached hydrogens (primary N) is 1. The number of carbonyl (C=O) groups is 1. The number of hydrogen-bond donors (Lipinski definition) is 2. The molecular weight excluding hydrogens is 288 g/mol. The predicted octanol–water partition coefficient (Wildman–Crippen LogP) is 2.05. The summed E-state index contributed by atoms with van der Waals surface area (Å²) in [4.78, 5) is 12.7. The molecule has 5 nitrogen and oxygen atoms in total. The molecular formula is C15H22N2O3S. The number of nitrogen functional groups attached to an aromatic ring is 1. The highest BCUT2D eigenvalue weighted by atomic mass is 32.2. The first kappa shape index (κ1) is 16.0. The molecule has 1 aliphatic heterocycles. The molecule has 1 amide bonds. The van der Waals surface area contributed by atoms with Crippen LogP contribution in [-0.2, 0) is 9.53 Å². The van der Waals surface area contributed by atoms with Crippen LogP contribution >= 0.6 is 11.8 Å². The molecule has 1 aromatic carbocycles. The van der Waals surface area contributed by atoms with Gasteiger partial charge < -0.3 is 20.5 Å². The first-order valence-corrected chi connectivity index (χ1v) is 8.21. The number of ether oxygens (including phenoxy) is 2. The van der Waals surface area contributed by atoms with Gasteiger partial charge in [0.05, 0.1) is 18.5 Å². The van der Waals surface area contributed by atoms with Gasteiger partial charge in [0.2, 0.25) is 5.91 Å². The van der Waals surface area contributed by atoms with E-state index in [0.29, 0.717) is 24.6 Å². The Labute approximate surface area is 129 Å². The summed E-state index contributed by atoms with van der Waals surface area (Å²) in [5.74, 6) is 1.11. The molecule has 0 saturated carbocycles. The van der Waals surface area contributed by atoms with Gasteiger partial charge in [-0.25, -0.2) is 0 Å². The minimum Gasteiger partial charge on any atom is -0.494 e. The van der Waals surface area contributed by atoms with Crippen LogP contribution in [0.4, 0.5) is 5.69 Å². The highest BCUT2D eigenvalue weighted by molar-refractivity contribution is 8.00. The molecule has 6 heteroatoms. The van der Waals surface area contributed by atoms with Crippen molar-refractivity contribution in [3.63, 3.8) is 0 Å². The van der Waals surface area contributed by atoms with Crippen LogP contribution in [0.15, 0.2) is 23.1 Å². The zero-order valence-electron chi connectivity index (χ0n) is 12.3. The van der Waals surface area contributed by atoms with Crippen LogP contribution in [-0.4, -0.2) is 37.5 Å². The van der Waals surface area contributed by atoms with Crippen LogP contribution in [0, 0.1) is 0 Å². The molecule has 0 aliphatic carbocycles. The third-order valence-electron chi connectivity index (χ3n) is 3.21. The van der Waals surface area contributed by atoms with Gasteiger partial charge in [-0.3, -0.25) is 4.79 Å². The Balaban J connectivity index is 1.78. The van der Waals surface area contributed by atoms with Gasteiger partial charge in [-0.1, -0.05) is 0 Å². The summed E-state index contributed by atoms with van der Waals surface area (Å²) in [5.41, 5.74) is 6.58. The first-order chi connectivity index (χ1) is 10.2. The molecule has 2 rings (SSSR count). The second-order valence-corrected chi connectivity index (χ2v) is 5.88. The highest BCUT2D eigenvalue weighted by Crippen LogP contribution is 2.29. The normalized spacial score (nSPS) is 17.7. The smallest absolute Gasteiger partial charge is 0.230 e. The third kappa shape index (κ3) is 5.13.